The second kappa shape index (κ2) is 7.30. The maximum Gasteiger partial charge on any atom is 0.0698 e. The number of nitrogens with one attached hydrogen (secondary N) is 1. The minimum Gasteiger partial charge on any atom is -0.394 e. The Kier molecular flexibility index (Phi) is 6.15. The van der Waals surface area contributed by atoms with Crippen molar-refractivity contribution in [2.75, 3.05) is 32.9 Å². The summed E-state index contributed by atoms with van der Waals surface area (Å²) >= 11 is 0. The van der Waals surface area contributed by atoms with Gasteiger partial charge in [0.1, 0.15) is 0 Å². The quantitative estimate of drug-likeness (QED) is 0.579. The molecule has 1 rings (SSSR count). The summed E-state index contributed by atoms with van der Waals surface area (Å²) < 4.78 is 5.14. The van der Waals surface area contributed by atoms with E-state index in [0.717, 1.165) is 19.0 Å². The first-order valence-electron chi connectivity index (χ1n) is 5.33. The van der Waals surface area contributed by atoms with Gasteiger partial charge < -0.3 is 15.2 Å². The predicted octanol–water partition coefficient (Wildman–Crippen LogP) is 0.775. The van der Waals surface area contributed by atoms with Crippen LogP contribution in [-0.2, 0) is 4.74 Å². The van der Waals surface area contributed by atoms with E-state index in [2.05, 4.69) is 5.32 Å². The van der Waals surface area contributed by atoms with Gasteiger partial charge in [0.25, 0.3) is 0 Å². The summed E-state index contributed by atoms with van der Waals surface area (Å²) in [6, 6.07) is 0. The third kappa shape index (κ3) is 5.24. The van der Waals surface area contributed by atoms with E-state index < -0.39 is 0 Å². The van der Waals surface area contributed by atoms with Crippen molar-refractivity contribution in [3.8, 4) is 0 Å². The summed E-state index contributed by atoms with van der Waals surface area (Å²) in [6.07, 6.45) is 5.61. The molecule has 0 radical (unpaired) electrons. The Morgan fingerprint density at radius 2 is 2.00 bits per heavy atom. The van der Waals surface area contributed by atoms with Crippen molar-refractivity contribution >= 4 is 0 Å². The van der Waals surface area contributed by atoms with Crippen molar-refractivity contribution < 1.29 is 9.84 Å². The van der Waals surface area contributed by atoms with E-state index >= 15 is 0 Å². The summed E-state index contributed by atoms with van der Waals surface area (Å²) in [6.45, 7) is 3.36. The van der Waals surface area contributed by atoms with Gasteiger partial charge in [0, 0.05) is 6.54 Å². The Labute approximate surface area is 80.5 Å². The number of hydrogen-bond donors (Lipinski definition) is 2. The SMILES string of the molecule is OCCOCCNCC1CCCC1. The summed E-state index contributed by atoms with van der Waals surface area (Å²) in [4.78, 5) is 0. The standard InChI is InChI=1S/C10H21NO2/c12-6-8-13-7-5-11-9-10-3-1-2-4-10/h10-12H,1-9H2. The third-order valence-electron chi connectivity index (χ3n) is 2.57. The van der Waals surface area contributed by atoms with E-state index in [1.54, 1.807) is 0 Å². The monoisotopic (exact) mass is 187 g/mol. The number of ether oxygens (including phenoxy) is 1. The first-order chi connectivity index (χ1) is 6.43. The van der Waals surface area contributed by atoms with Crippen molar-refractivity contribution in [2.45, 2.75) is 25.7 Å². The van der Waals surface area contributed by atoms with Crippen molar-refractivity contribution in [1.82, 2.24) is 5.32 Å². The molecule has 1 aliphatic rings. The molecule has 0 saturated heterocycles. The average molecular weight is 187 g/mol. The summed E-state index contributed by atoms with van der Waals surface area (Å²) in [5.41, 5.74) is 0. The Balaban J connectivity index is 1.78. The van der Waals surface area contributed by atoms with Crippen molar-refractivity contribution in [1.29, 1.82) is 0 Å². The van der Waals surface area contributed by atoms with Gasteiger partial charge in [-0.2, -0.15) is 0 Å². The highest BCUT2D eigenvalue weighted by Crippen LogP contribution is 2.23. The Hall–Kier alpha value is -0.120. The van der Waals surface area contributed by atoms with Crippen molar-refractivity contribution in [3.05, 3.63) is 0 Å². The van der Waals surface area contributed by atoms with Crippen LogP contribution in [0.15, 0.2) is 0 Å². The maximum atomic E-state index is 8.45. The van der Waals surface area contributed by atoms with Crippen LogP contribution in [0, 0.1) is 5.92 Å². The van der Waals surface area contributed by atoms with Crippen LogP contribution in [0.5, 0.6) is 0 Å². The zero-order chi connectivity index (χ0) is 9.36. The average Bonchev–Trinajstić information content (AvgIpc) is 2.63. The van der Waals surface area contributed by atoms with Crippen molar-refractivity contribution in [2.24, 2.45) is 5.92 Å². The number of rotatable bonds is 7. The second-order valence-corrected chi connectivity index (χ2v) is 3.69. The molecule has 0 aromatic carbocycles. The molecule has 0 heterocycles. The van der Waals surface area contributed by atoms with Gasteiger partial charge in [0.05, 0.1) is 19.8 Å². The van der Waals surface area contributed by atoms with E-state index in [1.807, 2.05) is 0 Å². The fraction of sp³-hybridized carbons (Fsp3) is 1.00. The van der Waals surface area contributed by atoms with E-state index in [9.17, 15) is 0 Å². The van der Waals surface area contributed by atoms with Crippen LogP contribution < -0.4 is 5.32 Å². The van der Waals surface area contributed by atoms with Crippen LogP contribution in [0.25, 0.3) is 0 Å². The molecule has 0 bridgehead atoms. The van der Waals surface area contributed by atoms with Gasteiger partial charge in [-0.3, -0.25) is 0 Å². The molecule has 0 aliphatic heterocycles. The Morgan fingerprint density at radius 1 is 1.23 bits per heavy atom. The molecule has 3 heteroatoms. The van der Waals surface area contributed by atoms with E-state index in [1.165, 1.54) is 25.7 Å². The molecular formula is C10H21NO2. The van der Waals surface area contributed by atoms with Crippen LogP contribution in [0.4, 0.5) is 0 Å². The van der Waals surface area contributed by atoms with Crippen LogP contribution in [-0.4, -0.2) is 38.0 Å². The van der Waals surface area contributed by atoms with Crippen LogP contribution in [0.1, 0.15) is 25.7 Å². The Morgan fingerprint density at radius 3 is 2.69 bits per heavy atom. The van der Waals surface area contributed by atoms with Gasteiger partial charge in [0.15, 0.2) is 0 Å². The van der Waals surface area contributed by atoms with Gasteiger partial charge in [-0.25, -0.2) is 0 Å². The minimum absolute atomic E-state index is 0.128. The van der Waals surface area contributed by atoms with Crippen LogP contribution in [0.2, 0.25) is 0 Å². The van der Waals surface area contributed by atoms with E-state index in [0.29, 0.717) is 13.2 Å². The molecule has 78 valence electrons. The van der Waals surface area contributed by atoms with Crippen LogP contribution in [0.3, 0.4) is 0 Å². The number of aliphatic hydroxyl groups is 1. The number of aliphatic hydroxyl groups excluding tert-OH is 1. The topological polar surface area (TPSA) is 41.5 Å². The number of hydrogen-bond acceptors (Lipinski definition) is 3. The largest absolute Gasteiger partial charge is 0.394 e. The summed E-state index contributed by atoms with van der Waals surface area (Å²) in [7, 11) is 0. The molecule has 1 saturated carbocycles. The minimum atomic E-state index is 0.128. The van der Waals surface area contributed by atoms with E-state index in [-0.39, 0.29) is 6.61 Å². The molecule has 13 heavy (non-hydrogen) atoms. The normalized spacial score (nSPS) is 18.2. The Bertz CT molecular complexity index is 113. The molecule has 0 atom stereocenters. The second-order valence-electron chi connectivity index (χ2n) is 3.69. The molecule has 3 nitrogen and oxygen atoms in total. The maximum absolute atomic E-state index is 8.45. The highest BCUT2D eigenvalue weighted by atomic mass is 16.5. The molecule has 0 aromatic rings. The smallest absolute Gasteiger partial charge is 0.0698 e. The highest BCUT2D eigenvalue weighted by molar-refractivity contribution is 4.69. The first-order valence-corrected chi connectivity index (χ1v) is 5.33. The molecule has 0 aromatic heterocycles. The van der Waals surface area contributed by atoms with Gasteiger partial charge in [-0.15, -0.1) is 0 Å². The van der Waals surface area contributed by atoms with E-state index in [4.69, 9.17) is 9.84 Å². The molecular weight excluding hydrogens is 166 g/mol. The first kappa shape index (κ1) is 11.0. The molecule has 0 unspecified atom stereocenters. The highest BCUT2D eigenvalue weighted by Gasteiger charge is 2.13. The zero-order valence-electron chi connectivity index (χ0n) is 8.30. The lowest BCUT2D eigenvalue weighted by molar-refractivity contribution is 0.0935. The van der Waals surface area contributed by atoms with Gasteiger partial charge in [-0.05, 0) is 25.3 Å². The lowest BCUT2D eigenvalue weighted by Gasteiger charge is -2.10. The van der Waals surface area contributed by atoms with Crippen molar-refractivity contribution in [3.63, 3.8) is 0 Å². The fourth-order valence-electron chi connectivity index (χ4n) is 1.83. The molecule has 0 amide bonds. The lowest BCUT2D eigenvalue weighted by atomic mass is 10.1. The van der Waals surface area contributed by atoms with Gasteiger partial charge >= 0.3 is 0 Å². The van der Waals surface area contributed by atoms with Crippen LogP contribution >= 0.6 is 0 Å². The molecule has 2 N–H and O–H groups in total. The predicted molar refractivity (Wildman–Crippen MR) is 52.7 cm³/mol. The molecule has 1 fully saturated rings. The molecule has 0 spiro atoms. The summed E-state index contributed by atoms with van der Waals surface area (Å²) in [5.74, 6) is 0.901. The van der Waals surface area contributed by atoms with Gasteiger partial charge in [0.2, 0.25) is 0 Å². The third-order valence-corrected chi connectivity index (χ3v) is 2.57. The molecule has 1 aliphatic carbocycles. The zero-order valence-corrected chi connectivity index (χ0v) is 8.30. The fourth-order valence-corrected chi connectivity index (χ4v) is 1.83. The lowest BCUT2D eigenvalue weighted by Crippen LogP contribution is -2.25. The summed E-state index contributed by atoms with van der Waals surface area (Å²) in [5, 5.41) is 11.8. The van der Waals surface area contributed by atoms with Gasteiger partial charge in [-0.1, -0.05) is 12.8 Å².